The summed E-state index contributed by atoms with van der Waals surface area (Å²) in [6.45, 7) is 2.05. The Labute approximate surface area is 110 Å². The zero-order valence-corrected chi connectivity index (χ0v) is 10.6. The summed E-state index contributed by atoms with van der Waals surface area (Å²) >= 11 is 0. The van der Waals surface area contributed by atoms with Crippen molar-refractivity contribution in [3.05, 3.63) is 42.6 Å². The number of pyridine rings is 1. The third kappa shape index (κ3) is 1.89. The van der Waals surface area contributed by atoms with E-state index >= 15 is 0 Å². The van der Waals surface area contributed by atoms with Crippen LogP contribution in [0.4, 0.5) is 5.82 Å². The summed E-state index contributed by atoms with van der Waals surface area (Å²) in [6, 6.07) is 5.75. The van der Waals surface area contributed by atoms with Gasteiger partial charge in [-0.05, 0) is 23.8 Å². The number of H-pyrrole nitrogens is 1. The number of anilines is 1. The second-order valence-electron chi connectivity index (χ2n) is 4.21. The first-order chi connectivity index (χ1) is 9.31. The minimum absolute atomic E-state index is 0.476. The molecule has 0 bridgehead atoms. The summed E-state index contributed by atoms with van der Waals surface area (Å²) in [5.74, 6) is 1.39. The van der Waals surface area contributed by atoms with Crippen LogP contribution in [0.5, 0.6) is 0 Å². The first-order valence-electron chi connectivity index (χ1n) is 6.12. The van der Waals surface area contributed by atoms with Gasteiger partial charge >= 0.3 is 0 Å². The average Bonchev–Trinajstić information content (AvgIpc) is 3.05. The lowest BCUT2D eigenvalue weighted by Gasteiger charge is -2.04. The number of nitrogens with one attached hydrogen (secondary N) is 1. The number of aromatic nitrogens is 3. The van der Waals surface area contributed by atoms with Gasteiger partial charge in [0.05, 0.1) is 17.5 Å². The summed E-state index contributed by atoms with van der Waals surface area (Å²) in [6.07, 6.45) is 5.97. The zero-order chi connectivity index (χ0) is 13.2. The number of hydrogen-bond donors (Lipinski definition) is 2. The van der Waals surface area contributed by atoms with Crippen LogP contribution in [-0.4, -0.2) is 15.2 Å². The molecule has 3 aromatic rings. The molecule has 96 valence electrons. The van der Waals surface area contributed by atoms with Crippen molar-refractivity contribution in [1.29, 1.82) is 0 Å². The highest BCUT2D eigenvalue weighted by molar-refractivity contribution is 5.88. The molecule has 0 spiro atoms. The Morgan fingerprint density at radius 2 is 2.05 bits per heavy atom. The van der Waals surface area contributed by atoms with Crippen LogP contribution in [0.15, 0.2) is 41.3 Å². The Kier molecular flexibility index (Phi) is 2.79. The van der Waals surface area contributed by atoms with E-state index in [-0.39, 0.29) is 0 Å². The monoisotopic (exact) mass is 254 g/mol. The summed E-state index contributed by atoms with van der Waals surface area (Å²) < 4.78 is 5.47. The van der Waals surface area contributed by atoms with Crippen molar-refractivity contribution >= 4 is 5.82 Å². The van der Waals surface area contributed by atoms with Crippen LogP contribution in [0.1, 0.15) is 12.7 Å². The number of furan rings is 1. The fourth-order valence-electron chi connectivity index (χ4n) is 2.20. The van der Waals surface area contributed by atoms with Gasteiger partial charge in [0.2, 0.25) is 0 Å². The first kappa shape index (κ1) is 11.5. The van der Waals surface area contributed by atoms with Gasteiger partial charge < -0.3 is 10.2 Å². The zero-order valence-electron chi connectivity index (χ0n) is 10.6. The van der Waals surface area contributed by atoms with E-state index in [9.17, 15) is 0 Å². The van der Waals surface area contributed by atoms with E-state index in [0.717, 1.165) is 34.6 Å². The molecule has 0 aromatic carbocycles. The molecule has 5 heteroatoms. The molecule has 0 saturated carbocycles. The largest absolute Gasteiger partial charge is 0.469 e. The van der Waals surface area contributed by atoms with Gasteiger partial charge in [-0.1, -0.05) is 6.92 Å². The van der Waals surface area contributed by atoms with E-state index in [1.54, 1.807) is 18.7 Å². The maximum absolute atomic E-state index is 5.98. The minimum atomic E-state index is 0.476. The number of rotatable bonds is 3. The van der Waals surface area contributed by atoms with Gasteiger partial charge in [-0.3, -0.25) is 10.1 Å². The molecular weight excluding hydrogens is 240 g/mol. The first-order valence-corrected chi connectivity index (χ1v) is 6.12. The van der Waals surface area contributed by atoms with Gasteiger partial charge in [-0.25, -0.2) is 0 Å². The van der Waals surface area contributed by atoms with Gasteiger partial charge in [0, 0.05) is 24.4 Å². The lowest BCUT2D eigenvalue weighted by Crippen LogP contribution is -1.89. The van der Waals surface area contributed by atoms with Gasteiger partial charge in [-0.2, -0.15) is 5.10 Å². The fraction of sp³-hybridized carbons (Fsp3) is 0.143. The SMILES string of the molecule is CCc1occc1-c1[nH]nc(N)c1-c1ccncc1. The van der Waals surface area contributed by atoms with Crippen LogP contribution in [-0.2, 0) is 6.42 Å². The molecular formula is C14H14N4O. The third-order valence-electron chi connectivity index (χ3n) is 3.10. The van der Waals surface area contributed by atoms with Crippen LogP contribution >= 0.6 is 0 Å². The van der Waals surface area contributed by atoms with Crippen LogP contribution < -0.4 is 5.73 Å². The van der Waals surface area contributed by atoms with E-state index in [4.69, 9.17) is 10.2 Å². The molecule has 19 heavy (non-hydrogen) atoms. The van der Waals surface area contributed by atoms with E-state index in [1.165, 1.54) is 0 Å². The second kappa shape index (κ2) is 4.61. The molecule has 3 rings (SSSR count). The molecule has 5 nitrogen and oxygen atoms in total. The van der Waals surface area contributed by atoms with Crippen molar-refractivity contribution < 1.29 is 4.42 Å². The summed E-state index contributed by atoms with van der Waals surface area (Å²) in [5, 5.41) is 7.11. The topological polar surface area (TPSA) is 80.7 Å². The van der Waals surface area contributed by atoms with Gasteiger partial charge in [0.15, 0.2) is 5.82 Å². The summed E-state index contributed by atoms with van der Waals surface area (Å²) in [7, 11) is 0. The smallest absolute Gasteiger partial charge is 0.153 e. The highest BCUT2D eigenvalue weighted by Gasteiger charge is 2.18. The lowest BCUT2D eigenvalue weighted by molar-refractivity contribution is 0.517. The third-order valence-corrected chi connectivity index (χ3v) is 3.10. The van der Waals surface area contributed by atoms with Crippen LogP contribution in [0.25, 0.3) is 22.4 Å². The Balaban J connectivity index is 2.20. The number of aromatic amines is 1. The molecule has 0 aliphatic heterocycles. The van der Waals surface area contributed by atoms with E-state index < -0.39 is 0 Å². The van der Waals surface area contributed by atoms with Gasteiger partial charge in [0.25, 0.3) is 0 Å². The van der Waals surface area contributed by atoms with Crippen LogP contribution in [0.2, 0.25) is 0 Å². The molecule has 0 unspecified atom stereocenters. The maximum Gasteiger partial charge on any atom is 0.153 e. The van der Waals surface area contributed by atoms with Gasteiger partial charge in [0.1, 0.15) is 5.76 Å². The summed E-state index contributed by atoms with van der Waals surface area (Å²) in [5.41, 5.74) is 9.73. The number of nitrogens with two attached hydrogens (primary N) is 1. The number of nitrogen functional groups attached to an aromatic ring is 1. The standard InChI is InChI=1S/C14H14N4O/c1-2-11-10(5-8-19-11)13-12(14(15)18-17-13)9-3-6-16-7-4-9/h3-8H,2H2,1H3,(H3,15,17,18). The fourth-order valence-corrected chi connectivity index (χ4v) is 2.20. The molecule has 0 aliphatic rings. The van der Waals surface area contributed by atoms with Crippen molar-refractivity contribution in [2.45, 2.75) is 13.3 Å². The normalized spacial score (nSPS) is 10.8. The molecule has 0 amide bonds. The highest BCUT2D eigenvalue weighted by atomic mass is 16.3. The lowest BCUT2D eigenvalue weighted by atomic mass is 10.0. The molecule has 3 aromatic heterocycles. The van der Waals surface area contributed by atoms with Crippen LogP contribution in [0, 0.1) is 0 Å². The number of hydrogen-bond acceptors (Lipinski definition) is 4. The Morgan fingerprint density at radius 3 is 2.79 bits per heavy atom. The summed E-state index contributed by atoms with van der Waals surface area (Å²) in [4.78, 5) is 4.02. The molecule has 3 N–H and O–H groups in total. The Hall–Kier alpha value is -2.56. The van der Waals surface area contributed by atoms with Crippen molar-refractivity contribution in [2.24, 2.45) is 0 Å². The van der Waals surface area contributed by atoms with Crippen LogP contribution in [0.3, 0.4) is 0 Å². The Bertz CT molecular complexity index is 685. The molecule has 0 saturated heterocycles. The molecule has 0 aliphatic carbocycles. The molecule has 3 heterocycles. The maximum atomic E-state index is 5.98. The molecule has 0 atom stereocenters. The van der Waals surface area contributed by atoms with E-state index in [0.29, 0.717) is 5.82 Å². The van der Waals surface area contributed by atoms with Crippen molar-refractivity contribution in [3.8, 4) is 22.4 Å². The van der Waals surface area contributed by atoms with Crippen molar-refractivity contribution in [3.63, 3.8) is 0 Å². The van der Waals surface area contributed by atoms with E-state index in [2.05, 4.69) is 15.2 Å². The van der Waals surface area contributed by atoms with E-state index in [1.807, 2.05) is 25.1 Å². The second-order valence-corrected chi connectivity index (χ2v) is 4.21. The van der Waals surface area contributed by atoms with Crippen molar-refractivity contribution in [1.82, 2.24) is 15.2 Å². The average molecular weight is 254 g/mol. The van der Waals surface area contributed by atoms with Crippen molar-refractivity contribution in [2.75, 3.05) is 5.73 Å². The molecule has 0 radical (unpaired) electrons. The quantitative estimate of drug-likeness (QED) is 0.753. The predicted octanol–water partition coefficient (Wildman–Crippen LogP) is 2.88. The number of aryl methyl sites for hydroxylation is 1. The minimum Gasteiger partial charge on any atom is -0.469 e. The molecule has 0 fully saturated rings. The van der Waals surface area contributed by atoms with Gasteiger partial charge in [-0.15, -0.1) is 0 Å². The predicted molar refractivity (Wildman–Crippen MR) is 73.3 cm³/mol. The Morgan fingerprint density at radius 1 is 1.26 bits per heavy atom. The number of nitrogens with zero attached hydrogens (tertiary/aromatic N) is 2. The highest BCUT2D eigenvalue weighted by Crippen LogP contribution is 2.36.